The highest BCUT2D eigenvalue weighted by Gasteiger charge is 2.35. The SMILES string of the molecule is COc1ccccc1[C@H](Cc1cc(C(C)(C)C(=O)O)c(=O)n2c(C)c(-c3ncco3)sc12)OC1CCS(=O)(=O)CC1. The molecule has 1 N–H and O–H groups in total. The van der Waals surface area contributed by atoms with E-state index in [9.17, 15) is 23.1 Å². The van der Waals surface area contributed by atoms with Crippen molar-refractivity contribution in [2.45, 2.75) is 57.7 Å². The molecule has 1 aromatic carbocycles. The molecule has 1 atom stereocenters. The summed E-state index contributed by atoms with van der Waals surface area (Å²) in [7, 11) is -1.52. The number of nitrogens with zero attached hydrogens (tertiary/aromatic N) is 2. The number of rotatable bonds is 9. The van der Waals surface area contributed by atoms with E-state index in [2.05, 4.69) is 4.98 Å². The first-order valence-electron chi connectivity index (χ1n) is 13.2. The van der Waals surface area contributed by atoms with Crippen LogP contribution >= 0.6 is 11.3 Å². The summed E-state index contributed by atoms with van der Waals surface area (Å²) >= 11 is 1.34. The number of carboxylic acids is 1. The molecular weight excluding hydrogens is 568 g/mol. The lowest BCUT2D eigenvalue weighted by Gasteiger charge is -2.29. The second-order valence-electron chi connectivity index (χ2n) is 10.7. The largest absolute Gasteiger partial charge is 0.496 e. The van der Waals surface area contributed by atoms with Crippen LogP contribution in [0.15, 0.2) is 52.0 Å². The molecule has 3 aromatic heterocycles. The van der Waals surface area contributed by atoms with Crippen molar-refractivity contribution < 1.29 is 32.2 Å². The zero-order valence-corrected chi connectivity index (χ0v) is 24.9. The van der Waals surface area contributed by atoms with Gasteiger partial charge in [-0.1, -0.05) is 18.2 Å². The smallest absolute Gasteiger partial charge is 0.313 e. The van der Waals surface area contributed by atoms with Gasteiger partial charge in [0.25, 0.3) is 5.56 Å². The van der Waals surface area contributed by atoms with E-state index in [0.29, 0.717) is 45.4 Å². The number of thiazole rings is 1. The fraction of sp³-hybridized carbons (Fsp3) is 0.414. The van der Waals surface area contributed by atoms with Crippen molar-refractivity contribution in [3.05, 3.63) is 75.5 Å². The van der Waals surface area contributed by atoms with Gasteiger partial charge in [0.05, 0.1) is 42.4 Å². The molecule has 1 fully saturated rings. The minimum Gasteiger partial charge on any atom is -0.496 e. The number of hydrogen-bond donors (Lipinski definition) is 1. The van der Waals surface area contributed by atoms with Crippen molar-refractivity contribution >= 4 is 32.0 Å². The highest BCUT2D eigenvalue weighted by molar-refractivity contribution is 7.91. The van der Waals surface area contributed by atoms with Crippen LogP contribution in [-0.2, 0) is 31.2 Å². The number of oxazole rings is 1. The van der Waals surface area contributed by atoms with Gasteiger partial charge in [-0.25, -0.2) is 13.4 Å². The summed E-state index contributed by atoms with van der Waals surface area (Å²) in [4.78, 5) is 31.6. The number of sulfone groups is 1. The Morgan fingerprint density at radius 2 is 1.98 bits per heavy atom. The number of methoxy groups -OCH3 is 1. The molecule has 0 radical (unpaired) electrons. The number of hydrogen-bond acceptors (Lipinski definition) is 9. The molecule has 218 valence electrons. The Hall–Kier alpha value is -3.48. The average molecular weight is 601 g/mol. The summed E-state index contributed by atoms with van der Waals surface area (Å²) in [6.45, 7) is 4.80. The van der Waals surface area contributed by atoms with Crippen molar-refractivity contribution in [1.82, 2.24) is 9.38 Å². The zero-order chi connectivity index (χ0) is 29.5. The van der Waals surface area contributed by atoms with Crippen molar-refractivity contribution in [2.75, 3.05) is 18.6 Å². The Kier molecular flexibility index (Phi) is 7.84. The van der Waals surface area contributed by atoms with Gasteiger partial charge in [0.1, 0.15) is 21.7 Å². The highest BCUT2D eigenvalue weighted by Crippen LogP contribution is 2.38. The number of para-hydroxylation sites is 1. The van der Waals surface area contributed by atoms with E-state index in [1.54, 1.807) is 20.1 Å². The van der Waals surface area contributed by atoms with Gasteiger partial charge in [-0.2, -0.15) is 0 Å². The number of aryl methyl sites for hydroxylation is 1. The van der Waals surface area contributed by atoms with Gasteiger partial charge in [0.2, 0.25) is 5.89 Å². The zero-order valence-electron chi connectivity index (χ0n) is 23.2. The summed E-state index contributed by atoms with van der Waals surface area (Å²) in [6, 6.07) is 9.12. The van der Waals surface area contributed by atoms with E-state index >= 15 is 0 Å². The van der Waals surface area contributed by atoms with Gasteiger partial charge in [0.15, 0.2) is 9.84 Å². The van der Waals surface area contributed by atoms with Crippen LogP contribution in [0.2, 0.25) is 0 Å². The third kappa shape index (κ3) is 5.55. The molecular formula is C29H32N2O8S2. The Balaban J connectivity index is 1.68. The summed E-state index contributed by atoms with van der Waals surface area (Å²) in [5.41, 5.74) is 0.319. The minimum atomic E-state index is -3.09. The molecule has 41 heavy (non-hydrogen) atoms. The molecule has 10 nitrogen and oxygen atoms in total. The normalized spacial score (nSPS) is 16.6. The lowest BCUT2D eigenvalue weighted by atomic mass is 9.84. The molecule has 0 amide bonds. The number of aromatic nitrogens is 2. The maximum atomic E-state index is 13.8. The van der Waals surface area contributed by atoms with Crippen LogP contribution in [0.1, 0.15) is 55.2 Å². The van der Waals surface area contributed by atoms with Gasteiger partial charge in [0, 0.05) is 23.2 Å². The van der Waals surface area contributed by atoms with E-state index in [4.69, 9.17) is 13.9 Å². The number of carbonyl (C=O) groups is 1. The van der Waals surface area contributed by atoms with Gasteiger partial charge in [-0.15, -0.1) is 11.3 Å². The molecule has 0 bridgehead atoms. The van der Waals surface area contributed by atoms with E-state index < -0.39 is 32.9 Å². The minimum absolute atomic E-state index is 0.0574. The third-order valence-electron chi connectivity index (χ3n) is 7.68. The molecule has 0 saturated carbocycles. The first-order valence-corrected chi connectivity index (χ1v) is 15.9. The monoisotopic (exact) mass is 600 g/mol. The predicted octanol–water partition coefficient (Wildman–Crippen LogP) is 4.57. The van der Waals surface area contributed by atoms with Crippen LogP contribution in [0.5, 0.6) is 5.75 Å². The van der Waals surface area contributed by atoms with Crippen LogP contribution in [-0.4, -0.2) is 53.6 Å². The summed E-state index contributed by atoms with van der Waals surface area (Å²) < 4.78 is 43.5. The molecule has 1 aliphatic heterocycles. The number of aliphatic carboxylic acids is 1. The topological polar surface area (TPSA) is 137 Å². The molecule has 4 aromatic rings. The molecule has 0 spiro atoms. The summed E-state index contributed by atoms with van der Waals surface area (Å²) in [5.74, 6) is -0.0352. The molecule has 12 heteroatoms. The standard InChI is InChI=1S/C29H32N2O8S2/c1-17-24(25-30-11-12-38-25)40-27-18(15-21(26(32)31(17)27)29(2,3)28(33)34)16-23(20-7-5-6-8-22(20)37-4)39-19-9-13-41(35,36)14-10-19/h5-8,11-12,15,19,23H,9-10,13-14,16H2,1-4H3,(H,33,34)/t23-/m0/s1. The second kappa shape index (κ2) is 11.1. The van der Waals surface area contributed by atoms with E-state index in [-0.39, 0.29) is 29.6 Å². The number of benzene rings is 1. The van der Waals surface area contributed by atoms with E-state index in [1.165, 1.54) is 42.0 Å². The lowest BCUT2D eigenvalue weighted by molar-refractivity contribution is -0.142. The number of pyridine rings is 1. The summed E-state index contributed by atoms with van der Waals surface area (Å²) in [5, 5.41) is 10.0. The van der Waals surface area contributed by atoms with E-state index in [0.717, 1.165) is 5.56 Å². The Bertz CT molecular complexity index is 1740. The van der Waals surface area contributed by atoms with Crippen LogP contribution in [0.3, 0.4) is 0 Å². The maximum Gasteiger partial charge on any atom is 0.313 e. The molecule has 1 saturated heterocycles. The Labute approximate surface area is 241 Å². The molecule has 0 unspecified atom stereocenters. The highest BCUT2D eigenvalue weighted by atomic mass is 32.2. The molecule has 4 heterocycles. The van der Waals surface area contributed by atoms with Crippen molar-refractivity contribution in [3.63, 3.8) is 0 Å². The maximum absolute atomic E-state index is 13.8. The number of carboxylic acid groups (broad SMARTS) is 1. The van der Waals surface area contributed by atoms with E-state index in [1.807, 2.05) is 24.3 Å². The van der Waals surface area contributed by atoms with Crippen molar-refractivity contribution in [3.8, 4) is 16.5 Å². The first kappa shape index (κ1) is 29.0. The third-order valence-corrected chi connectivity index (χ3v) is 10.7. The molecule has 1 aliphatic rings. The predicted molar refractivity (Wildman–Crippen MR) is 155 cm³/mol. The fourth-order valence-electron chi connectivity index (χ4n) is 5.19. The van der Waals surface area contributed by atoms with Crippen LogP contribution in [0, 0.1) is 6.92 Å². The first-order chi connectivity index (χ1) is 19.4. The van der Waals surface area contributed by atoms with Crippen molar-refractivity contribution in [2.24, 2.45) is 0 Å². The van der Waals surface area contributed by atoms with Gasteiger partial charge in [-0.3, -0.25) is 14.0 Å². The number of ether oxygens (including phenoxy) is 2. The Morgan fingerprint density at radius 3 is 2.61 bits per heavy atom. The second-order valence-corrected chi connectivity index (χ2v) is 14.0. The quantitative estimate of drug-likeness (QED) is 0.293. The average Bonchev–Trinajstić information content (AvgIpc) is 3.59. The van der Waals surface area contributed by atoms with Crippen LogP contribution in [0.4, 0.5) is 0 Å². The van der Waals surface area contributed by atoms with Crippen LogP contribution < -0.4 is 10.3 Å². The fourth-order valence-corrected chi connectivity index (χ4v) is 7.84. The van der Waals surface area contributed by atoms with Gasteiger partial charge < -0.3 is 19.0 Å². The van der Waals surface area contributed by atoms with Crippen LogP contribution in [0.25, 0.3) is 15.6 Å². The molecule has 0 aliphatic carbocycles. The van der Waals surface area contributed by atoms with Gasteiger partial charge >= 0.3 is 5.97 Å². The van der Waals surface area contributed by atoms with Gasteiger partial charge in [-0.05, 0) is 51.3 Å². The Morgan fingerprint density at radius 1 is 1.27 bits per heavy atom. The lowest BCUT2D eigenvalue weighted by Crippen LogP contribution is -2.36. The summed E-state index contributed by atoms with van der Waals surface area (Å²) in [6.07, 6.45) is 3.16. The molecule has 5 rings (SSSR count). The van der Waals surface area contributed by atoms with Crippen molar-refractivity contribution in [1.29, 1.82) is 0 Å². The number of fused-ring (bicyclic) bond motifs is 1.